The van der Waals surface area contributed by atoms with E-state index in [0.717, 1.165) is 11.6 Å². The zero-order valence-electron chi connectivity index (χ0n) is 10.9. The number of thiophene rings is 1. The number of hydrogen-bond acceptors (Lipinski definition) is 3. The maximum absolute atomic E-state index is 13.6. The van der Waals surface area contributed by atoms with E-state index < -0.39 is 17.8 Å². The highest BCUT2D eigenvalue weighted by atomic mass is 32.1. The molecule has 21 heavy (non-hydrogen) atoms. The first kappa shape index (κ1) is 15.0. The predicted octanol–water partition coefficient (Wildman–Crippen LogP) is 2.95. The Morgan fingerprint density at radius 2 is 2.10 bits per heavy atom. The lowest BCUT2D eigenvalue weighted by atomic mass is 10.2. The number of hydrogen-bond donors (Lipinski definition) is 3. The van der Waals surface area contributed by atoms with Crippen molar-refractivity contribution < 1.29 is 19.1 Å². The SMILES string of the molecule is O=C(NCCc1ccsc1)Nc1ccc(C(=O)O)cc1F. The number of rotatable bonds is 5. The fourth-order valence-electron chi connectivity index (χ4n) is 1.67. The van der Waals surface area contributed by atoms with E-state index >= 15 is 0 Å². The van der Waals surface area contributed by atoms with Crippen LogP contribution < -0.4 is 10.6 Å². The molecule has 0 unspecified atom stereocenters. The largest absolute Gasteiger partial charge is 0.478 e. The van der Waals surface area contributed by atoms with Crippen LogP contribution in [0.3, 0.4) is 0 Å². The molecule has 7 heteroatoms. The Bertz CT molecular complexity index is 644. The number of urea groups is 1. The number of carboxylic acids is 1. The normalized spacial score (nSPS) is 10.1. The molecule has 0 spiro atoms. The molecular formula is C14H13FN2O3S. The van der Waals surface area contributed by atoms with Gasteiger partial charge in [-0.3, -0.25) is 0 Å². The average molecular weight is 308 g/mol. The molecule has 0 atom stereocenters. The summed E-state index contributed by atoms with van der Waals surface area (Å²) in [5.41, 5.74) is 0.890. The van der Waals surface area contributed by atoms with E-state index in [2.05, 4.69) is 10.6 Å². The maximum Gasteiger partial charge on any atom is 0.335 e. The molecule has 0 radical (unpaired) electrons. The number of nitrogens with one attached hydrogen (secondary N) is 2. The molecule has 1 heterocycles. The van der Waals surface area contributed by atoms with Gasteiger partial charge >= 0.3 is 12.0 Å². The van der Waals surface area contributed by atoms with Crippen molar-refractivity contribution in [1.29, 1.82) is 0 Å². The van der Waals surface area contributed by atoms with Crippen molar-refractivity contribution in [2.24, 2.45) is 0 Å². The van der Waals surface area contributed by atoms with Gasteiger partial charge in [0, 0.05) is 6.54 Å². The molecule has 0 aliphatic carbocycles. The number of carbonyl (C=O) groups is 2. The molecule has 0 bridgehead atoms. The van der Waals surface area contributed by atoms with Gasteiger partial charge in [-0.1, -0.05) is 0 Å². The van der Waals surface area contributed by atoms with Gasteiger partial charge in [0.15, 0.2) is 0 Å². The van der Waals surface area contributed by atoms with E-state index in [0.29, 0.717) is 13.0 Å². The zero-order chi connectivity index (χ0) is 15.2. The van der Waals surface area contributed by atoms with Crippen LogP contribution in [0.25, 0.3) is 0 Å². The fourth-order valence-corrected chi connectivity index (χ4v) is 2.37. The summed E-state index contributed by atoms with van der Waals surface area (Å²) in [5, 5.41) is 17.6. The van der Waals surface area contributed by atoms with Crippen molar-refractivity contribution in [3.8, 4) is 0 Å². The van der Waals surface area contributed by atoms with Crippen molar-refractivity contribution in [2.45, 2.75) is 6.42 Å². The molecule has 3 N–H and O–H groups in total. The van der Waals surface area contributed by atoms with E-state index in [1.54, 1.807) is 11.3 Å². The lowest BCUT2D eigenvalue weighted by Gasteiger charge is -2.08. The van der Waals surface area contributed by atoms with Gasteiger partial charge < -0.3 is 15.7 Å². The summed E-state index contributed by atoms with van der Waals surface area (Å²) >= 11 is 1.58. The van der Waals surface area contributed by atoms with E-state index in [9.17, 15) is 14.0 Å². The monoisotopic (exact) mass is 308 g/mol. The Kier molecular flexibility index (Phi) is 4.89. The number of carboxylic acid groups (broad SMARTS) is 1. The van der Waals surface area contributed by atoms with Crippen LogP contribution >= 0.6 is 11.3 Å². The Morgan fingerprint density at radius 1 is 1.29 bits per heavy atom. The van der Waals surface area contributed by atoms with E-state index in [1.807, 2.05) is 16.8 Å². The second-order valence-corrected chi connectivity index (χ2v) is 5.04. The molecule has 0 saturated carbocycles. The van der Waals surface area contributed by atoms with Crippen molar-refractivity contribution in [1.82, 2.24) is 5.32 Å². The van der Waals surface area contributed by atoms with Crippen LogP contribution in [0.4, 0.5) is 14.9 Å². The third-order valence-electron chi connectivity index (χ3n) is 2.74. The number of halogens is 1. The van der Waals surface area contributed by atoms with E-state index in [1.165, 1.54) is 12.1 Å². The molecule has 2 rings (SSSR count). The number of amides is 2. The molecule has 0 aliphatic heterocycles. The van der Waals surface area contributed by atoms with Crippen LogP contribution in [0, 0.1) is 5.82 Å². The highest BCUT2D eigenvalue weighted by Crippen LogP contribution is 2.15. The Balaban J connectivity index is 1.86. The van der Waals surface area contributed by atoms with Crippen LogP contribution in [0.15, 0.2) is 35.0 Å². The lowest BCUT2D eigenvalue weighted by Crippen LogP contribution is -2.30. The molecular weight excluding hydrogens is 295 g/mol. The van der Waals surface area contributed by atoms with Gasteiger partial charge in [-0.15, -0.1) is 0 Å². The number of anilines is 1. The summed E-state index contributed by atoms with van der Waals surface area (Å²) < 4.78 is 13.6. The lowest BCUT2D eigenvalue weighted by molar-refractivity contribution is 0.0696. The maximum atomic E-state index is 13.6. The van der Waals surface area contributed by atoms with Crippen molar-refractivity contribution >= 4 is 29.0 Å². The van der Waals surface area contributed by atoms with Gasteiger partial charge in [0.1, 0.15) is 5.82 Å². The van der Waals surface area contributed by atoms with Gasteiger partial charge in [0.2, 0.25) is 0 Å². The molecule has 0 aliphatic rings. The first-order valence-electron chi connectivity index (χ1n) is 6.15. The second-order valence-electron chi connectivity index (χ2n) is 4.26. The topological polar surface area (TPSA) is 78.4 Å². The summed E-state index contributed by atoms with van der Waals surface area (Å²) in [4.78, 5) is 22.3. The standard InChI is InChI=1S/C14H13FN2O3S/c15-11-7-10(13(18)19)1-2-12(11)17-14(20)16-5-3-9-4-6-21-8-9/h1-2,4,6-8H,3,5H2,(H,18,19)(H2,16,17,20). The van der Waals surface area contributed by atoms with Crippen LogP contribution in [0.5, 0.6) is 0 Å². The van der Waals surface area contributed by atoms with Gasteiger partial charge in [-0.2, -0.15) is 11.3 Å². The summed E-state index contributed by atoms with van der Waals surface area (Å²) in [6.45, 7) is 0.428. The van der Waals surface area contributed by atoms with Crippen LogP contribution in [-0.2, 0) is 6.42 Å². The van der Waals surface area contributed by atoms with Crippen LogP contribution in [0.1, 0.15) is 15.9 Å². The quantitative estimate of drug-likeness (QED) is 0.794. The minimum atomic E-state index is -1.22. The highest BCUT2D eigenvalue weighted by molar-refractivity contribution is 7.07. The first-order valence-corrected chi connectivity index (χ1v) is 7.09. The minimum Gasteiger partial charge on any atom is -0.478 e. The molecule has 0 fully saturated rings. The molecule has 1 aromatic heterocycles. The van der Waals surface area contributed by atoms with Gasteiger partial charge in [0.05, 0.1) is 11.3 Å². The summed E-state index contributed by atoms with van der Waals surface area (Å²) in [6, 6.07) is 4.74. The van der Waals surface area contributed by atoms with E-state index in [4.69, 9.17) is 5.11 Å². The summed E-state index contributed by atoms with van der Waals surface area (Å²) in [5.74, 6) is -2.01. The van der Waals surface area contributed by atoms with E-state index in [-0.39, 0.29) is 11.3 Å². The third kappa shape index (κ3) is 4.28. The molecule has 0 saturated heterocycles. The van der Waals surface area contributed by atoms with Gasteiger partial charge in [-0.25, -0.2) is 14.0 Å². The van der Waals surface area contributed by atoms with Crippen LogP contribution in [-0.4, -0.2) is 23.7 Å². The van der Waals surface area contributed by atoms with Crippen molar-refractivity contribution in [3.05, 3.63) is 52.0 Å². The zero-order valence-corrected chi connectivity index (χ0v) is 11.7. The molecule has 110 valence electrons. The highest BCUT2D eigenvalue weighted by Gasteiger charge is 2.10. The third-order valence-corrected chi connectivity index (χ3v) is 3.48. The Labute approximate surface area is 124 Å². The average Bonchev–Trinajstić information content (AvgIpc) is 2.94. The minimum absolute atomic E-state index is 0.0620. The van der Waals surface area contributed by atoms with Crippen molar-refractivity contribution in [2.75, 3.05) is 11.9 Å². The predicted molar refractivity (Wildman–Crippen MR) is 78.4 cm³/mol. The molecule has 2 aromatic rings. The molecule has 1 aromatic carbocycles. The molecule has 5 nitrogen and oxygen atoms in total. The number of aromatic carboxylic acids is 1. The Hall–Kier alpha value is -2.41. The number of carbonyl (C=O) groups excluding carboxylic acids is 1. The molecule has 2 amide bonds. The fraction of sp³-hybridized carbons (Fsp3) is 0.143. The van der Waals surface area contributed by atoms with Crippen LogP contribution in [0.2, 0.25) is 0 Å². The second kappa shape index (κ2) is 6.85. The van der Waals surface area contributed by atoms with Crippen molar-refractivity contribution in [3.63, 3.8) is 0 Å². The van der Waals surface area contributed by atoms with Gasteiger partial charge in [0.25, 0.3) is 0 Å². The summed E-state index contributed by atoms with van der Waals surface area (Å²) in [6.07, 6.45) is 0.692. The first-order chi connectivity index (χ1) is 10.1. The number of benzene rings is 1. The smallest absolute Gasteiger partial charge is 0.335 e. The van der Waals surface area contributed by atoms with Gasteiger partial charge in [-0.05, 0) is 47.0 Å². The summed E-state index contributed by atoms with van der Waals surface area (Å²) in [7, 11) is 0. The Morgan fingerprint density at radius 3 is 2.71 bits per heavy atom.